The van der Waals surface area contributed by atoms with E-state index in [1.807, 2.05) is 14.1 Å². The summed E-state index contributed by atoms with van der Waals surface area (Å²) in [5, 5.41) is 5.73. The van der Waals surface area contributed by atoms with Gasteiger partial charge in [0.1, 0.15) is 11.6 Å². The molecule has 2 aromatic rings. The molecule has 6 heteroatoms. The van der Waals surface area contributed by atoms with Gasteiger partial charge in [-0.2, -0.15) is 0 Å². The van der Waals surface area contributed by atoms with Gasteiger partial charge in [-0.15, -0.1) is 0 Å². The predicted molar refractivity (Wildman–Crippen MR) is 89.4 cm³/mol. The highest BCUT2D eigenvalue weighted by Crippen LogP contribution is 2.20. The van der Waals surface area contributed by atoms with E-state index in [1.54, 1.807) is 36.5 Å². The molecule has 1 amide bonds. The molecule has 1 aromatic carbocycles. The van der Waals surface area contributed by atoms with E-state index in [-0.39, 0.29) is 11.6 Å². The third-order valence-corrected chi connectivity index (χ3v) is 3.25. The van der Waals surface area contributed by atoms with Gasteiger partial charge >= 0.3 is 0 Å². The molecule has 1 aromatic heterocycles. The van der Waals surface area contributed by atoms with Crippen molar-refractivity contribution in [2.75, 3.05) is 32.5 Å². The first-order valence-electron chi connectivity index (χ1n) is 7.47. The van der Waals surface area contributed by atoms with Crippen molar-refractivity contribution in [1.82, 2.24) is 15.2 Å². The van der Waals surface area contributed by atoms with Gasteiger partial charge in [0.15, 0.2) is 0 Å². The van der Waals surface area contributed by atoms with Gasteiger partial charge in [-0.3, -0.25) is 4.79 Å². The average Bonchev–Trinajstić information content (AvgIpc) is 2.54. The maximum Gasteiger partial charge on any atom is 0.255 e. The quantitative estimate of drug-likeness (QED) is 0.771. The molecule has 0 bridgehead atoms. The number of aromatic nitrogens is 1. The molecule has 23 heavy (non-hydrogen) atoms. The number of rotatable bonds is 7. The minimum Gasteiger partial charge on any atom is -0.352 e. The van der Waals surface area contributed by atoms with Crippen LogP contribution in [0.25, 0.3) is 0 Å². The van der Waals surface area contributed by atoms with E-state index in [4.69, 9.17) is 0 Å². The molecule has 1 heterocycles. The second kappa shape index (κ2) is 8.24. The zero-order valence-electron chi connectivity index (χ0n) is 13.3. The van der Waals surface area contributed by atoms with Crippen LogP contribution in [0.5, 0.6) is 0 Å². The minimum absolute atomic E-state index is 0.226. The summed E-state index contributed by atoms with van der Waals surface area (Å²) in [6.45, 7) is 1.47. The van der Waals surface area contributed by atoms with Crippen LogP contribution in [0.3, 0.4) is 0 Å². The first kappa shape index (κ1) is 16.9. The number of halogens is 1. The highest BCUT2D eigenvalue weighted by molar-refractivity contribution is 5.99. The Labute approximate surface area is 135 Å². The van der Waals surface area contributed by atoms with E-state index in [2.05, 4.69) is 20.5 Å². The van der Waals surface area contributed by atoms with Crippen LogP contribution >= 0.6 is 0 Å². The molecule has 0 atom stereocenters. The molecule has 5 nitrogen and oxygen atoms in total. The number of pyridine rings is 1. The second-order valence-electron chi connectivity index (χ2n) is 5.42. The van der Waals surface area contributed by atoms with Crippen LogP contribution in [-0.4, -0.2) is 43.0 Å². The predicted octanol–water partition coefficient (Wildman–Crippen LogP) is 2.65. The van der Waals surface area contributed by atoms with Gasteiger partial charge in [-0.1, -0.05) is 12.1 Å². The van der Waals surface area contributed by atoms with Crippen LogP contribution in [0.4, 0.5) is 15.9 Å². The molecule has 2 N–H and O–H groups in total. The first-order valence-corrected chi connectivity index (χ1v) is 7.47. The maximum atomic E-state index is 13.7. The molecule has 0 saturated heterocycles. The molecule has 0 spiro atoms. The molecule has 0 aliphatic carbocycles. The Balaban J connectivity index is 2.05. The van der Waals surface area contributed by atoms with Gasteiger partial charge in [0.2, 0.25) is 0 Å². The van der Waals surface area contributed by atoms with Gasteiger partial charge < -0.3 is 15.5 Å². The molecule has 0 fully saturated rings. The lowest BCUT2D eigenvalue weighted by atomic mass is 10.2. The van der Waals surface area contributed by atoms with Gasteiger partial charge in [0, 0.05) is 12.7 Å². The lowest BCUT2D eigenvalue weighted by Crippen LogP contribution is -2.27. The molecule has 0 unspecified atom stereocenters. The number of benzene rings is 1. The number of carbonyl (C=O) groups excluding carboxylic acids is 1. The van der Waals surface area contributed by atoms with Gasteiger partial charge in [-0.05, 0) is 51.3 Å². The number of nitrogens with one attached hydrogen (secondary N) is 2. The van der Waals surface area contributed by atoms with E-state index in [0.29, 0.717) is 17.9 Å². The topological polar surface area (TPSA) is 57.3 Å². The Morgan fingerprint density at radius 1 is 1.22 bits per heavy atom. The number of carbonyl (C=O) groups is 1. The number of amides is 1. The smallest absolute Gasteiger partial charge is 0.255 e. The molecule has 0 saturated carbocycles. The molecular formula is C17H21FN4O. The molecule has 0 radical (unpaired) electrons. The van der Waals surface area contributed by atoms with Crippen molar-refractivity contribution in [2.45, 2.75) is 6.42 Å². The van der Waals surface area contributed by atoms with Crippen molar-refractivity contribution in [3.63, 3.8) is 0 Å². The average molecular weight is 316 g/mol. The van der Waals surface area contributed by atoms with Crippen molar-refractivity contribution in [3.8, 4) is 0 Å². The van der Waals surface area contributed by atoms with E-state index < -0.39 is 5.82 Å². The molecule has 0 aliphatic rings. The van der Waals surface area contributed by atoms with Crippen molar-refractivity contribution in [2.24, 2.45) is 0 Å². The first-order chi connectivity index (χ1) is 11.1. The van der Waals surface area contributed by atoms with Crippen LogP contribution in [-0.2, 0) is 0 Å². The third kappa shape index (κ3) is 5.03. The second-order valence-corrected chi connectivity index (χ2v) is 5.42. The Kier molecular flexibility index (Phi) is 6.05. The van der Waals surface area contributed by atoms with Gasteiger partial charge in [-0.25, -0.2) is 9.37 Å². The van der Waals surface area contributed by atoms with Crippen molar-refractivity contribution >= 4 is 17.4 Å². The summed E-state index contributed by atoms with van der Waals surface area (Å²) in [6, 6.07) is 9.63. The highest BCUT2D eigenvalue weighted by Gasteiger charge is 2.13. The molecule has 2 rings (SSSR count). The van der Waals surface area contributed by atoms with E-state index in [1.165, 1.54) is 6.07 Å². The largest absolute Gasteiger partial charge is 0.352 e. The molecule has 0 aliphatic heterocycles. The number of hydrogen-bond acceptors (Lipinski definition) is 4. The van der Waals surface area contributed by atoms with E-state index in [0.717, 1.165) is 13.0 Å². The number of anilines is 2. The van der Waals surface area contributed by atoms with Crippen molar-refractivity contribution < 1.29 is 9.18 Å². The van der Waals surface area contributed by atoms with E-state index in [9.17, 15) is 9.18 Å². The lowest BCUT2D eigenvalue weighted by Gasteiger charge is -2.12. The van der Waals surface area contributed by atoms with Crippen LogP contribution in [0.1, 0.15) is 16.8 Å². The Morgan fingerprint density at radius 2 is 2.00 bits per heavy atom. The van der Waals surface area contributed by atoms with E-state index >= 15 is 0 Å². The fourth-order valence-corrected chi connectivity index (χ4v) is 2.07. The number of nitrogens with zero attached hydrogens (tertiary/aromatic N) is 2. The monoisotopic (exact) mass is 316 g/mol. The summed E-state index contributed by atoms with van der Waals surface area (Å²) in [5.41, 5.74) is 0.675. The summed E-state index contributed by atoms with van der Waals surface area (Å²) in [5.74, 6) is -0.283. The standard InChI is InChI=1S/C17H21FN4O/c1-22(2)12-6-11-20-17(23)13-7-5-10-19-16(13)21-15-9-4-3-8-14(15)18/h3-5,7-10H,6,11-12H2,1-2H3,(H,19,21)(H,20,23). The van der Waals surface area contributed by atoms with Crippen LogP contribution in [0, 0.1) is 5.82 Å². The SMILES string of the molecule is CN(C)CCCNC(=O)c1cccnc1Nc1ccccc1F. The summed E-state index contributed by atoms with van der Waals surface area (Å²) < 4.78 is 13.7. The van der Waals surface area contributed by atoms with Crippen LogP contribution < -0.4 is 10.6 Å². The minimum atomic E-state index is -0.393. The number of para-hydroxylation sites is 1. The third-order valence-electron chi connectivity index (χ3n) is 3.25. The van der Waals surface area contributed by atoms with Crippen molar-refractivity contribution in [3.05, 3.63) is 54.0 Å². The zero-order chi connectivity index (χ0) is 16.7. The molecular weight excluding hydrogens is 295 g/mol. The van der Waals surface area contributed by atoms with Crippen LogP contribution in [0.2, 0.25) is 0 Å². The summed E-state index contributed by atoms with van der Waals surface area (Å²) in [4.78, 5) is 18.5. The summed E-state index contributed by atoms with van der Waals surface area (Å²) in [7, 11) is 3.97. The van der Waals surface area contributed by atoms with Gasteiger partial charge in [0.25, 0.3) is 5.91 Å². The fourth-order valence-electron chi connectivity index (χ4n) is 2.07. The zero-order valence-corrected chi connectivity index (χ0v) is 13.3. The fraction of sp³-hybridized carbons (Fsp3) is 0.294. The van der Waals surface area contributed by atoms with Crippen molar-refractivity contribution in [1.29, 1.82) is 0 Å². The lowest BCUT2D eigenvalue weighted by molar-refractivity contribution is 0.0953. The van der Waals surface area contributed by atoms with Crippen LogP contribution in [0.15, 0.2) is 42.6 Å². The highest BCUT2D eigenvalue weighted by atomic mass is 19.1. The summed E-state index contributed by atoms with van der Waals surface area (Å²) in [6.07, 6.45) is 2.42. The maximum absolute atomic E-state index is 13.7. The summed E-state index contributed by atoms with van der Waals surface area (Å²) >= 11 is 0. The normalized spacial score (nSPS) is 10.6. The Hall–Kier alpha value is -2.47. The Bertz CT molecular complexity index is 661. The molecule has 122 valence electrons. The number of hydrogen-bond donors (Lipinski definition) is 2. The Morgan fingerprint density at radius 3 is 2.74 bits per heavy atom. The van der Waals surface area contributed by atoms with Gasteiger partial charge in [0.05, 0.1) is 11.3 Å².